The first-order valence-electron chi connectivity index (χ1n) is 7.59. The van der Waals surface area contributed by atoms with Crippen LogP contribution < -0.4 is 5.32 Å². The van der Waals surface area contributed by atoms with E-state index in [1.54, 1.807) is 27.9 Å². The molecular formula is C15H31NO6. The highest BCUT2D eigenvalue weighted by molar-refractivity contribution is 5.68. The Bertz CT molecular complexity index is 312. The molecule has 0 aliphatic carbocycles. The van der Waals surface area contributed by atoms with Gasteiger partial charge in [0, 0.05) is 7.11 Å². The van der Waals surface area contributed by atoms with E-state index < -0.39 is 30.4 Å². The molecule has 0 saturated heterocycles. The molecule has 3 N–H and O–H groups in total. The fourth-order valence-electron chi connectivity index (χ4n) is 1.76. The van der Waals surface area contributed by atoms with E-state index in [1.165, 1.54) is 0 Å². The number of hydrogen-bond acceptors (Lipinski definition) is 6. The second-order valence-electron chi connectivity index (χ2n) is 6.30. The molecule has 1 unspecified atom stereocenters. The zero-order valence-electron chi connectivity index (χ0n) is 14.3. The number of hydrogen-bond donors (Lipinski definition) is 3. The van der Waals surface area contributed by atoms with Crippen LogP contribution in [0.4, 0.5) is 4.79 Å². The van der Waals surface area contributed by atoms with Crippen molar-refractivity contribution >= 4 is 6.09 Å². The number of amides is 1. The first-order valence-corrected chi connectivity index (χ1v) is 7.59. The first-order chi connectivity index (χ1) is 10.2. The molecule has 0 fully saturated rings. The molecule has 0 rings (SSSR count). The minimum atomic E-state index is -1.19. The molecule has 7 nitrogen and oxygen atoms in total. The average molecular weight is 321 g/mol. The van der Waals surface area contributed by atoms with Crippen LogP contribution in [0.2, 0.25) is 0 Å². The molecule has 22 heavy (non-hydrogen) atoms. The molecule has 0 saturated carbocycles. The largest absolute Gasteiger partial charge is 0.444 e. The standard InChI is InChI=1S/C15H31NO6/c1-6-7-12(20-5)21-9-8-15(10-17,11-18)16-13(19)22-14(2,3)4/h12,17-18H,6-11H2,1-5H3,(H,16,19). The Morgan fingerprint density at radius 1 is 1.23 bits per heavy atom. The molecule has 0 aliphatic heterocycles. The van der Waals surface area contributed by atoms with Gasteiger partial charge in [-0.2, -0.15) is 0 Å². The van der Waals surface area contributed by atoms with E-state index in [0.717, 1.165) is 12.8 Å². The molecule has 0 aliphatic rings. The van der Waals surface area contributed by atoms with E-state index >= 15 is 0 Å². The summed E-state index contributed by atoms with van der Waals surface area (Å²) < 4.78 is 15.8. The van der Waals surface area contributed by atoms with Crippen molar-refractivity contribution < 1.29 is 29.2 Å². The molecule has 0 heterocycles. The number of alkyl carbamates (subject to hydrolysis) is 1. The summed E-state index contributed by atoms with van der Waals surface area (Å²) >= 11 is 0. The van der Waals surface area contributed by atoms with Crippen LogP contribution in [0.3, 0.4) is 0 Å². The second-order valence-corrected chi connectivity index (χ2v) is 6.30. The summed E-state index contributed by atoms with van der Waals surface area (Å²) in [7, 11) is 1.56. The summed E-state index contributed by atoms with van der Waals surface area (Å²) in [5.41, 5.74) is -1.84. The predicted octanol–water partition coefficient (Wildman–Crippen LogP) is 1.41. The van der Waals surface area contributed by atoms with Gasteiger partial charge in [-0.1, -0.05) is 13.3 Å². The van der Waals surface area contributed by atoms with Crippen LogP contribution in [0.25, 0.3) is 0 Å². The Labute approximate surface area is 132 Å². The summed E-state index contributed by atoms with van der Waals surface area (Å²) in [6.07, 6.45) is 0.887. The van der Waals surface area contributed by atoms with Gasteiger partial charge in [-0.05, 0) is 33.6 Å². The quantitative estimate of drug-likeness (QED) is 0.526. The predicted molar refractivity (Wildman–Crippen MR) is 82.5 cm³/mol. The summed E-state index contributed by atoms with van der Waals surface area (Å²) in [4.78, 5) is 11.8. The summed E-state index contributed by atoms with van der Waals surface area (Å²) in [5.74, 6) is 0. The van der Waals surface area contributed by atoms with Gasteiger partial charge in [0.15, 0.2) is 6.29 Å². The Kier molecular flexibility index (Phi) is 9.59. The van der Waals surface area contributed by atoms with Crippen molar-refractivity contribution in [1.82, 2.24) is 5.32 Å². The van der Waals surface area contributed by atoms with Gasteiger partial charge in [-0.3, -0.25) is 0 Å². The van der Waals surface area contributed by atoms with E-state index in [1.807, 2.05) is 6.92 Å². The lowest BCUT2D eigenvalue weighted by molar-refractivity contribution is -0.133. The van der Waals surface area contributed by atoms with Crippen molar-refractivity contribution in [1.29, 1.82) is 0 Å². The maximum Gasteiger partial charge on any atom is 0.408 e. The maximum atomic E-state index is 11.8. The van der Waals surface area contributed by atoms with Gasteiger partial charge < -0.3 is 29.7 Å². The molecule has 132 valence electrons. The van der Waals surface area contributed by atoms with E-state index in [-0.39, 0.29) is 19.3 Å². The average Bonchev–Trinajstić information content (AvgIpc) is 2.43. The Balaban J connectivity index is 4.52. The molecule has 0 bridgehead atoms. The molecule has 0 aromatic carbocycles. The van der Waals surface area contributed by atoms with Crippen LogP contribution in [0.1, 0.15) is 47.0 Å². The fraction of sp³-hybridized carbons (Fsp3) is 0.933. The highest BCUT2D eigenvalue weighted by atomic mass is 16.7. The third-order valence-corrected chi connectivity index (χ3v) is 3.04. The topological polar surface area (TPSA) is 97.3 Å². The Morgan fingerprint density at radius 2 is 1.82 bits per heavy atom. The van der Waals surface area contributed by atoms with Crippen LogP contribution in [0.15, 0.2) is 0 Å². The molecule has 1 amide bonds. The van der Waals surface area contributed by atoms with Gasteiger partial charge >= 0.3 is 6.09 Å². The van der Waals surface area contributed by atoms with Crippen molar-refractivity contribution in [3.05, 3.63) is 0 Å². The summed E-state index contributed by atoms with van der Waals surface area (Å²) in [5, 5.41) is 21.6. The van der Waals surface area contributed by atoms with Gasteiger partial charge in [-0.25, -0.2) is 4.79 Å². The van der Waals surface area contributed by atoms with Gasteiger partial charge in [0.2, 0.25) is 0 Å². The zero-order chi connectivity index (χ0) is 17.2. The van der Waals surface area contributed by atoms with Crippen LogP contribution in [0, 0.1) is 0 Å². The second kappa shape index (κ2) is 9.99. The SMILES string of the molecule is CCCC(OC)OCCC(CO)(CO)NC(=O)OC(C)(C)C. The van der Waals surface area contributed by atoms with Crippen LogP contribution in [0.5, 0.6) is 0 Å². The van der Waals surface area contributed by atoms with Crippen LogP contribution in [-0.2, 0) is 14.2 Å². The van der Waals surface area contributed by atoms with Gasteiger partial charge in [0.05, 0.1) is 25.4 Å². The Hall–Kier alpha value is -0.890. The molecule has 7 heteroatoms. The van der Waals surface area contributed by atoms with Crippen LogP contribution in [-0.4, -0.2) is 60.7 Å². The van der Waals surface area contributed by atoms with Gasteiger partial charge in [0.1, 0.15) is 5.60 Å². The fourth-order valence-corrected chi connectivity index (χ4v) is 1.76. The highest BCUT2D eigenvalue weighted by Crippen LogP contribution is 2.14. The zero-order valence-corrected chi connectivity index (χ0v) is 14.3. The van der Waals surface area contributed by atoms with Crippen molar-refractivity contribution in [2.24, 2.45) is 0 Å². The minimum absolute atomic E-state index is 0.232. The van der Waals surface area contributed by atoms with E-state index in [9.17, 15) is 15.0 Å². The molecule has 0 radical (unpaired) electrons. The number of nitrogens with one attached hydrogen (secondary N) is 1. The third kappa shape index (κ3) is 8.53. The van der Waals surface area contributed by atoms with Crippen LogP contribution >= 0.6 is 0 Å². The lowest BCUT2D eigenvalue weighted by Gasteiger charge is -2.32. The number of carbonyl (C=O) groups excluding carboxylic acids is 1. The number of carbonyl (C=O) groups is 1. The van der Waals surface area contributed by atoms with Crippen molar-refractivity contribution in [2.45, 2.75) is 64.4 Å². The number of ether oxygens (including phenoxy) is 3. The maximum absolute atomic E-state index is 11.8. The molecular weight excluding hydrogens is 290 g/mol. The summed E-state index contributed by atoms with van der Waals surface area (Å²) in [6.45, 7) is 6.63. The van der Waals surface area contributed by atoms with Crippen molar-refractivity contribution in [2.75, 3.05) is 26.9 Å². The summed E-state index contributed by atoms with van der Waals surface area (Å²) in [6, 6.07) is 0. The lowest BCUT2D eigenvalue weighted by Crippen LogP contribution is -2.56. The molecule has 1 atom stereocenters. The van der Waals surface area contributed by atoms with E-state index in [0.29, 0.717) is 0 Å². The van der Waals surface area contributed by atoms with Crippen molar-refractivity contribution in [3.63, 3.8) is 0 Å². The molecule has 0 spiro atoms. The van der Waals surface area contributed by atoms with E-state index in [2.05, 4.69) is 5.32 Å². The smallest absolute Gasteiger partial charge is 0.408 e. The first kappa shape index (κ1) is 21.1. The third-order valence-electron chi connectivity index (χ3n) is 3.04. The van der Waals surface area contributed by atoms with Gasteiger partial charge in [0.25, 0.3) is 0 Å². The number of aliphatic hydroxyl groups is 2. The molecule has 0 aromatic heterocycles. The lowest BCUT2D eigenvalue weighted by atomic mass is 9.98. The number of aliphatic hydroxyl groups excluding tert-OH is 2. The number of methoxy groups -OCH3 is 1. The molecule has 0 aromatic rings. The highest BCUT2D eigenvalue weighted by Gasteiger charge is 2.32. The number of rotatable bonds is 10. The minimum Gasteiger partial charge on any atom is -0.444 e. The van der Waals surface area contributed by atoms with E-state index in [4.69, 9.17) is 14.2 Å². The van der Waals surface area contributed by atoms with Crippen molar-refractivity contribution in [3.8, 4) is 0 Å². The van der Waals surface area contributed by atoms with Gasteiger partial charge in [-0.15, -0.1) is 0 Å². The Morgan fingerprint density at radius 3 is 2.23 bits per heavy atom. The normalized spacial score (nSPS) is 13.8. The monoisotopic (exact) mass is 321 g/mol.